The van der Waals surface area contributed by atoms with Gasteiger partial charge in [-0.25, -0.2) is 4.39 Å². The van der Waals surface area contributed by atoms with Crippen LogP contribution in [0.5, 0.6) is 5.75 Å². The summed E-state index contributed by atoms with van der Waals surface area (Å²) in [6.07, 6.45) is 1.19. The van der Waals surface area contributed by atoms with Crippen molar-refractivity contribution in [2.45, 2.75) is 39.3 Å². The van der Waals surface area contributed by atoms with E-state index in [2.05, 4.69) is 25.7 Å². The van der Waals surface area contributed by atoms with Gasteiger partial charge in [-0.3, -0.25) is 4.90 Å². The van der Waals surface area contributed by atoms with Crippen LogP contribution in [0.2, 0.25) is 0 Å². The van der Waals surface area contributed by atoms with Gasteiger partial charge in [0.15, 0.2) is 0 Å². The van der Waals surface area contributed by atoms with E-state index in [-0.39, 0.29) is 17.6 Å². The van der Waals surface area contributed by atoms with Crippen LogP contribution in [0, 0.1) is 11.7 Å². The molecule has 1 aromatic carbocycles. The Bertz CT molecular complexity index is 407. The van der Waals surface area contributed by atoms with Crippen LogP contribution in [0.25, 0.3) is 0 Å². The summed E-state index contributed by atoms with van der Waals surface area (Å²) in [4.78, 5) is 2.37. The molecule has 0 bridgehead atoms. The zero-order valence-corrected chi connectivity index (χ0v) is 10.7. The maximum Gasteiger partial charge on any atom is 0.126 e. The quantitative estimate of drug-likeness (QED) is 0.853. The van der Waals surface area contributed by atoms with Gasteiger partial charge in [-0.2, -0.15) is 0 Å². The highest BCUT2D eigenvalue weighted by atomic mass is 19.1. The lowest BCUT2D eigenvalue weighted by molar-refractivity contribution is 0.198. The van der Waals surface area contributed by atoms with E-state index in [1.165, 1.54) is 18.6 Å². The van der Waals surface area contributed by atoms with Gasteiger partial charge in [-0.15, -0.1) is 0 Å². The predicted molar refractivity (Wildman–Crippen MR) is 66.4 cm³/mol. The zero-order valence-electron chi connectivity index (χ0n) is 10.7. The Hall–Kier alpha value is -1.09. The lowest BCUT2D eigenvalue weighted by Crippen LogP contribution is -2.30. The molecule has 0 radical (unpaired) electrons. The van der Waals surface area contributed by atoms with Crippen LogP contribution in [-0.2, 0) is 0 Å². The third kappa shape index (κ3) is 2.44. The molecule has 94 valence electrons. The number of phenolic OH excluding ortho intramolecular Hbond substituents is 1. The number of benzene rings is 1. The molecular weight excluding hydrogens is 217 g/mol. The number of hydrogen-bond acceptors (Lipinski definition) is 2. The molecule has 0 aliphatic carbocycles. The molecule has 1 heterocycles. The van der Waals surface area contributed by atoms with E-state index in [0.29, 0.717) is 12.0 Å². The smallest absolute Gasteiger partial charge is 0.126 e. The number of nitrogens with zero attached hydrogens (tertiary/aromatic N) is 1. The zero-order chi connectivity index (χ0) is 12.6. The molecule has 1 aliphatic rings. The molecule has 0 amide bonds. The van der Waals surface area contributed by atoms with Crippen LogP contribution in [0.3, 0.4) is 0 Å². The van der Waals surface area contributed by atoms with E-state index in [1.54, 1.807) is 6.07 Å². The Kier molecular flexibility index (Phi) is 3.38. The molecule has 3 heteroatoms. The highest BCUT2D eigenvalue weighted by Crippen LogP contribution is 2.35. The molecular formula is C14H20FNO. The largest absolute Gasteiger partial charge is 0.508 e. The normalized spacial score (nSPS) is 27.3. The second-order valence-corrected chi connectivity index (χ2v) is 5.27. The first-order chi connectivity index (χ1) is 7.99. The fraction of sp³-hybridized carbons (Fsp3) is 0.571. The van der Waals surface area contributed by atoms with Crippen molar-refractivity contribution in [1.82, 2.24) is 4.90 Å². The van der Waals surface area contributed by atoms with Crippen molar-refractivity contribution in [3.8, 4) is 5.75 Å². The molecule has 1 N–H and O–H groups in total. The summed E-state index contributed by atoms with van der Waals surface area (Å²) < 4.78 is 13.0. The molecule has 0 aromatic heterocycles. The van der Waals surface area contributed by atoms with Gasteiger partial charge < -0.3 is 5.11 Å². The first kappa shape index (κ1) is 12.4. The van der Waals surface area contributed by atoms with Crippen LogP contribution >= 0.6 is 0 Å². The fourth-order valence-electron chi connectivity index (χ4n) is 2.92. The van der Waals surface area contributed by atoms with Crippen molar-refractivity contribution in [3.63, 3.8) is 0 Å². The van der Waals surface area contributed by atoms with Crippen molar-refractivity contribution in [2.75, 3.05) is 6.54 Å². The summed E-state index contributed by atoms with van der Waals surface area (Å²) >= 11 is 0. The highest BCUT2D eigenvalue weighted by Gasteiger charge is 2.31. The lowest BCUT2D eigenvalue weighted by atomic mass is 10.0. The second-order valence-electron chi connectivity index (χ2n) is 5.27. The van der Waals surface area contributed by atoms with Crippen molar-refractivity contribution < 1.29 is 9.50 Å². The molecule has 2 rings (SSSR count). The van der Waals surface area contributed by atoms with Crippen molar-refractivity contribution in [2.24, 2.45) is 5.92 Å². The van der Waals surface area contributed by atoms with E-state index in [0.717, 1.165) is 12.1 Å². The van der Waals surface area contributed by atoms with Gasteiger partial charge >= 0.3 is 0 Å². The van der Waals surface area contributed by atoms with Crippen LogP contribution < -0.4 is 0 Å². The maximum atomic E-state index is 13.0. The summed E-state index contributed by atoms with van der Waals surface area (Å²) in [5, 5.41) is 9.81. The molecule has 3 atom stereocenters. The molecule has 1 aromatic rings. The van der Waals surface area contributed by atoms with E-state index in [9.17, 15) is 9.50 Å². The number of aromatic hydroxyl groups is 1. The minimum atomic E-state index is -0.388. The standard InChI is InChI=1S/C14H20FNO/c1-9-6-10(2)16(8-9)11(3)13-5-4-12(15)7-14(13)17/h4-5,7,9-11,17H,6,8H2,1-3H3. The average molecular weight is 237 g/mol. The Labute approximate surface area is 102 Å². The summed E-state index contributed by atoms with van der Waals surface area (Å²) in [5.41, 5.74) is 0.812. The molecule has 1 saturated heterocycles. The third-order valence-electron chi connectivity index (χ3n) is 3.77. The summed E-state index contributed by atoms with van der Waals surface area (Å²) in [5.74, 6) is 0.362. The van der Waals surface area contributed by atoms with Crippen molar-refractivity contribution in [1.29, 1.82) is 0 Å². The monoisotopic (exact) mass is 237 g/mol. The third-order valence-corrected chi connectivity index (χ3v) is 3.77. The van der Waals surface area contributed by atoms with Gasteiger partial charge in [0.1, 0.15) is 11.6 Å². The topological polar surface area (TPSA) is 23.5 Å². The molecule has 17 heavy (non-hydrogen) atoms. The van der Waals surface area contributed by atoms with Crippen LogP contribution in [0.1, 0.15) is 38.8 Å². The van der Waals surface area contributed by atoms with Gasteiger partial charge in [-0.1, -0.05) is 13.0 Å². The first-order valence-corrected chi connectivity index (χ1v) is 6.23. The van der Waals surface area contributed by atoms with Gasteiger partial charge in [0, 0.05) is 30.3 Å². The summed E-state index contributed by atoms with van der Waals surface area (Å²) in [6, 6.07) is 4.94. The number of phenols is 1. The Morgan fingerprint density at radius 2 is 2.12 bits per heavy atom. The molecule has 2 nitrogen and oxygen atoms in total. The number of halogens is 1. The lowest BCUT2D eigenvalue weighted by Gasteiger charge is -2.29. The SMILES string of the molecule is CC1CC(C)N(C(C)c2ccc(F)cc2O)C1. The van der Waals surface area contributed by atoms with Gasteiger partial charge in [-0.05, 0) is 32.3 Å². The van der Waals surface area contributed by atoms with Crippen molar-refractivity contribution in [3.05, 3.63) is 29.6 Å². The Morgan fingerprint density at radius 3 is 2.65 bits per heavy atom. The molecule has 3 unspecified atom stereocenters. The summed E-state index contributed by atoms with van der Waals surface area (Å²) in [6.45, 7) is 7.56. The van der Waals surface area contributed by atoms with Crippen molar-refractivity contribution >= 4 is 0 Å². The highest BCUT2D eigenvalue weighted by molar-refractivity contribution is 5.35. The first-order valence-electron chi connectivity index (χ1n) is 6.23. The molecule has 0 spiro atoms. The van der Waals surface area contributed by atoms with E-state index < -0.39 is 0 Å². The van der Waals surface area contributed by atoms with E-state index in [1.807, 2.05) is 0 Å². The summed E-state index contributed by atoms with van der Waals surface area (Å²) in [7, 11) is 0. The second kappa shape index (κ2) is 4.65. The minimum Gasteiger partial charge on any atom is -0.508 e. The fourth-order valence-corrected chi connectivity index (χ4v) is 2.92. The number of likely N-dealkylation sites (tertiary alicyclic amines) is 1. The predicted octanol–water partition coefficient (Wildman–Crippen LogP) is 3.32. The number of hydrogen-bond donors (Lipinski definition) is 1. The minimum absolute atomic E-state index is 0.0595. The van der Waals surface area contributed by atoms with Gasteiger partial charge in [0.25, 0.3) is 0 Å². The van der Waals surface area contributed by atoms with Gasteiger partial charge in [0.2, 0.25) is 0 Å². The molecule has 1 aliphatic heterocycles. The number of rotatable bonds is 2. The Balaban J connectivity index is 2.22. The van der Waals surface area contributed by atoms with E-state index >= 15 is 0 Å². The Morgan fingerprint density at radius 1 is 1.41 bits per heavy atom. The maximum absolute atomic E-state index is 13.0. The van der Waals surface area contributed by atoms with Crippen LogP contribution in [0.15, 0.2) is 18.2 Å². The van der Waals surface area contributed by atoms with Crippen LogP contribution in [-0.4, -0.2) is 22.6 Å². The van der Waals surface area contributed by atoms with Gasteiger partial charge in [0.05, 0.1) is 0 Å². The molecule has 1 fully saturated rings. The van der Waals surface area contributed by atoms with E-state index in [4.69, 9.17) is 0 Å². The molecule has 0 saturated carbocycles. The van der Waals surface area contributed by atoms with Crippen LogP contribution in [0.4, 0.5) is 4.39 Å². The average Bonchev–Trinajstić information content (AvgIpc) is 2.57.